The molecular formula is C21H30ClNO8S. The number of aliphatic hydroxyl groups is 1. The Bertz CT molecular complexity index is 913. The molecule has 2 rings (SSSR count). The number of hydrogen-bond acceptors (Lipinski definition) is 8. The zero-order valence-electron chi connectivity index (χ0n) is 18.7. The number of hydrogen-bond donors (Lipinski definition) is 2. The third-order valence-electron chi connectivity index (χ3n) is 4.85. The van der Waals surface area contributed by atoms with Crippen molar-refractivity contribution in [2.24, 2.45) is 5.41 Å². The Morgan fingerprint density at radius 2 is 1.84 bits per heavy atom. The molecule has 1 aliphatic heterocycles. The third-order valence-corrected chi connectivity index (χ3v) is 7.01. The number of carbonyl (C=O) groups excluding carboxylic acids is 2. The van der Waals surface area contributed by atoms with Gasteiger partial charge < -0.3 is 24.6 Å². The molecule has 32 heavy (non-hydrogen) atoms. The van der Waals surface area contributed by atoms with E-state index in [4.69, 9.17) is 25.8 Å². The minimum Gasteiger partial charge on any atom is -0.462 e. The fourth-order valence-electron chi connectivity index (χ4n) is 3.10. The van der Waals surface area contributed by atoms with Crippen molar-refractivity contribution in [1.82, 2.24) is 5.32 Å². The van der Waals surface area contributed by atoms with Crippen LogP contribution in [0.1, 0.15) is 34.6 Å². The fraction of sp³-hybridized carbons (Fsp3) is 0.619. The number of rotatable bonds is 7. The lowest BCUT2D eigenvalue weighted by atomic mass is 9.97. The van der Waals surface area contributed by atoms with Crippen LogP contribution in [0.25, 0.3) is 0 Å². The first-order chi connectivity index (χ1) is 14.7. The molecule has 9 nitrogen and oxygen atoms in total. The lowest BCUT2D eigenvalue weighted by molar-refractivity contribution is -0.158. The van der Waals surface area contributed by atoms with E-state index in [2.05, 4.69) is 5.32 Å². The second kappa shape index (κ2) is 10.4. The molecule has 2 N–H and O–H groups in total. The van der Waals surface area contributed by atoms with Crippen molar-refractivity contribution in [3.8, 4) is 0 Å². The summed E-state index contributed by atoms with van der Waals surface area (Å²) >= 11 is 5.78. The summed E-state index contributed by atoms with van der Waals surface area (Å²) in [5, 5.41) is 13.4. The molecule has 0 bridgehead atoms. The van der Waals surface area contributed by atoms with Gasteiger partial charge in [0, 0.05) is 5.02 Å². The lowest BCUT2D eigenvalue weighted by Gasteiger charge is -2.22. The van der Waals surface area contributed by atoms with E-state index in [1.54, 1.807) is 27.7 Å². The Labute approximate surface area is 193 Å². The molecule has 1 saturated heterocycles. The standard InChI is InChI=1S/C21H30ClNO8S/c1-12(11-32(27,28)15-8-6-14(22)7-9-15)30-20(26)23-17-13(2)31-16(18(17)24)10-29-19(25)21(3,4)5/h6-9,12-13,16-18,24H,10-11H2,1-5H3,(H,23,26)/t12?,13-,16+,17?,18?/m0/s1. The second-order valence-electron chi connectivity index (χ2n) is 8.84. The summed E-state index contributed by atoms with van der Waals surface area (Å²) in [5.41, 5.74) is -0.695. The van der Waals surface area contributed by atoms with E-state index in [0.717, 1.165) is 0 Å². The number of halogens is 1. The summed E-state index contributed by atoms with van der Waals surface area (Å²) in [6, 6.07) is 4.87. The first-order valence-electron chi connectivity index (χ1n) is 10.2. The zero-order valence-corrected chi connectivity index (χ0v) is 20.3. The van der Waals surface area contributed by atoms with Crippen LogP contribution in [0.15, 0.2) is 29.2 Å². The Morgan fingerprint density at radius 3 is 2.41 bits per heavy atom. The molecule has 0 radical (unpaired) electrons. The van der Waals surface area contributed by atoms with Gasteiger partial charge in [-0.05, 0) is 58.9 Å². The number of amides is 1. The molecular weight excluding hydrogens is 462 g/mol. The molecule has 3 unspecified atom stereocenters. The molecule has 180 valence electrons. The van der Waals surface area contributed by atoms with Gasteiger partial charge in [0.1, 0.15) is 24.9 Å². The van der Waals surface area contributed by atoms with Crippen LogP contribution in [0.5, 0.6) is 0 Å². The number of alkyl carbamates (subject to hydrolysis) is 1. The van der Waals surface area contributed by atoms with Gasteiger partial charge in [-0.25, -0.2) is 13.2 Å². The predicted octanol–water partition coefficient (Wildman–Crippen LogP) is 2.33. The van der Waals surface area contributed by atoms with Gasteiger partial charge in [-0.3, -0.25) is 4.79 Å². The predicted molar refractivity (Wildman–Crippen MR) is 117 cm³/mol. The van der Waals surface area contributed by atoms with Crippen LogP contribution in [-0.4, -0.2) is 68.4 Å². The monoisotopic (exact) mass is 491 g/mol. The maximum atomic E-state index is 12.5. The summed E-state index contributed by atoms with van der Waals surface area (Å²) in [6.45, 7) is 8.06. The molecule has 1 aromatic rings. The van der Waals surface area contributed by atoms with Gasteiger partial charge in [0.05, 0.1) is 28.2 Å². The van der Waals surface area contributed by atoms with E-state index in [9.17, 15) is 23.1 Å². The summed E-state index contributed by atoms with van der Waals surface area (Å²) < 4.78 is 40.9. The average Bonchev–Trinajstić information content (AvgIpc) is 2.92. The highest BCUT2D eigenvalue weighted by Crippen LogP contribution is 2.23. The molecule has 0 aromatic heterocycles. The molecule has 5 atom stereocenters. The van der Waals surface area contributed by atoms with Crippen LogP contribution in [0.2, 0.25) is 5.02 Å². The van der Waals surface area contributed by atoms with Gasteiger partial charge in [-0.15, -0.1) is 0 Å². The number of benzene rings is 1. The summed E-state index contributed by atoms with van der Waals surface area (Å²) in [6.07, 6.45) is -4.38. The van der Waals surface area contributed by atoms with Crippen molar-refractivity contribution in [2.45, 2.75) is 70.0 Å². The van der Waals surface area contributed by atoms with Crippen molar-refractivity contribution in [2.75, 3.05) is 12.4 Å². The molecule has 1 aliphatic rings. The number of esters is 1. The highest BCUT2D eigenvalue weighted by molar-refractivity contribution is 7.91. The van der Waals surface area contributed by atoms with Gasteiger partial charge in [0.15, 0.2) is 9.84 Å². The number of ether oxygens (including phenoxy) is 3. The molecule has 0 spiro atoms. The quantitative estimate of drug-likeness (QED) is 0.556. The first-order valence-corrected chi connectivity index (χ1v) is 12.2. The summed E-state index contributed by atoms with van der Waals surface area (Å²) in [7, 11) is -3.69. The van der Waals surface area contributed by atoms with Crippen LogP contribution in [0.3, 0.4) is 0 Å². The van der Waals surface area contributed by atoms with Crippen LogP contribution in [0, 0.1) is 5.41 Å². The number of aliphatic hydroxyl groups excluding tert-OH is 1. The Hall–Kier alpha value is -1.88. The van der Waals surface area contributed by atoms with Crippen molar-refractivity contribution in [3.63, 3.8) is 0 Å². The largest absolute Gasteiger partial charge is 0.462 e. The normalized spacial score (nSPS) is 24.6. The maximum absolute atomic E-state index is 12.5. The van der Waals surface area contributed by atoms with Crippen LogP contribution >= 0.6 is 11.6 Å². The smallest absolute Gasteiger partial charge is 0.407 e. The van der Waals surface area contributed by atoms with Crippen molar-refractivity contribution >= 4 is 33.5 Å². The van der Waals surface area contributed by atoms with Crippen LogP contribution < -0.4 is 5.32 Å². The Balaban J connectivity index is 1.88. The molecule has 0 aliphatic carbocycles. The fourth-order valence-corrected chi connectivity index (χ4v) is 4.65. The topological polar surface area (TPSA) is 128 Å². The molecule has 11 heteroatoms. The molecule has 1 heterocycles. The first kappa shape index (κ1) is 26.4. The van der Waals surface area contributed by atoms with Crippen LogP contribution in [-0.2, 0) is 28.8 Å². The van der Waals surface area contributed by atoms with Gasteiger partial charge in [0.25, 0.3) is 0 Å². The Kier molecular flexibility index (Phi) is 8.55. The van der Waals surface area contributed by atoms with E-state index in [1.807, 2.05) is 0 Å². The molecule has 1 aromatic carbocycles. The highest BCUT2D eigenvalue weighted by Gasteiger charge is 2.43. The van der Waals surface area contributed by atoms with Gasteiger partial charge in [-0.1, -0.05) is 11.6 Å². The van der Waals surface area contributed by atoms with Gasteiger partial charge in [-0.2, -0.15) is 0 Å². The molecule has 0 saturated carbocycles. The van der Waals surface area contributed by atoms with Crippen molar-refractivity contribution in [1.29, 1.82) is 0 Å². The minimum absolute atomic E-state index is 0.0682. The van der Waals surface area contributed by atoms with E-state index >= 15 is 0 Å². The lowest BCUT2D eigenvalue weighted by Crippen LogP contribution is -2.48. The maximum Gasteiger partial charge on any atom is 0.407 e. The average molecular weight is 492 g/mol. The molecule has 1 amide bonds. The van der Waals surface area contributed by atoms with Gasteiger partial charge in [0.2, 0.25) is 0 Å². The summed E-state index contributed by atoms with van der Waals surface area (Å²) in [4.78, 5) is 24.3. The van der Waals surface area contributed by atoms with E-state index in [0.29, 0.717) is 5.02 Å². The van der Waals surface area contributed by atoms with Crippen molar-refractivity contribution < 1.29 is 37.3 Å². The van der Waals surface area contributed by atoms with Crippen molar-refractivity contribution in [3.05, 3.63) is 29.3 Å². The molecule has 1 fully saturated rings. The Morgan fingerprint density at radius 1 is 1.25 bits per heavy atom. The minimum atomic E-state index is -3.69. The third kappa shape index (κ3) is 7.06. The zero-order chi connectivity index (χ0) is 24.3. The number of nitrogens with one attached hydrogen (secondary N) is 1. The number of sulfone groups is 1. The van der Waals surface area contributed by atoms with E-state index in [1.165, 1.54) is 31.2 Å². The highest BCUT2D eigenvalue weighted by atomic mass is 35.5. The second-order valence-corrected chi connectivity index (χ2v) is 11.3. The summed E-state index contributed by atoms with van der Waals surface area (Å²) in [5.74, 6) is -0.861. The number of carbonyl (C=O) groups is 2. The van der Waals surface area contributed by atoms with Gasteiger partial charge >= 0.3 is 12.1 Å². The van der Waals surface area contributed by atoms with Crippen LogP contribution in [0.4, 0.5) is 4.79 Å². The SMILES string of the molecule is CC(CS(=O)(=O)c1ccc(Cl)cc1)OC(=O)NC1C(O)[C@@H](COC(=O)C(C)(C)C)O[C@H]1C. The van der Waals surface area contributed by atoms with E-state index < -0.39 is 63.5 Å². The van der Waals surface area contributed by atoms with E-state index in [-0.39, 0.29) is 11.5 Å².